The SMILES string of the molecule is CCc1nc([C@@H]2CCCN(C(=O)C3=NN(C(C)C)C(=O)CC3)C2)no1. The molecule has 8 heteroatoms. The minimum Gasteiger partial charge on any atom is -0.339 e. The molecule has 0 bridgehead atoms. The van der Waals surface area contributed by atoms with Crippen molar-refractivity contribution in [2.75, 3.05) is 13.1 Å². The van der Waals surface area contributed by atoms with Gasteiger partial charge in [-0.3, -0.25) is 9.59 Å². The third-order valence-corrected chi connectivity index (χ3v) is 4.66. The van der Waals surface area contributed by atoms with E-state index in [1.807, 2.05) is 25.7 Å². The van der Waals surface area contributed by atoms with Gasteiger partial charge in [-0.25, -0.2) is 5.01 Å². The molecule has 3 heterocycles. The molecule has 2 aliphatic rings. The molecule has 1 aromatic heterocycles. The van der Waals surface area contributed by atoms with Crippen LogP contribution in [-0.2, 0) is 16.0 Å². The third-order valence-electron chi connectivity index (χ3n) is 4.66. The zero-order valence-electron chi connectivity index (χ0n) is 15.1. The van der Waals surface area contributed by atoms with Crippen molar-refractivity contribution >= 4 is 17.5 Å². The fourth-order valence-electron chi connectivity index (χ4n) is 3.26. The van der Waals surface area contributed by atoms with Crippen LogP contribution in [0, 0.1) is 0 Å². The fourth-order valence-corrected chi connectivity index (χ4v) is 3.26. The average Bonchev–Trinajstić information content (AvgIpc) is 3.10. The van der Waals surface area contributed by atoms with Gasteiger partial charge >= 0.3 is 0 Å². The van der Waals surface area contributed by atoms with Crippen LogP contribution in [0.15, 0.2) is 9.62 Å². The molecule has 25 heavy (non-hydrogen) atoms. The number of hydrogen-bond acceptors (Lipinski definition) is 6. The minimum absolute atomic E-state index is 0.0260. The molecule has 0 spiro atoms. The fraction of sp³-hybridized carbons (Fsp3) is 0.706. The lowest BCUT2D eigenvalue weighted by atomic mass is 9.96. The molecule has 0 N–H and O–H groups in total. The number of aromatic nitrogens is 2. The van der Waals surface area contributed by atoms with Crippen molar-refractivity contribution in [2.24, 2.45) is 5.10 Å². The number of hydrogen-bond donors (Lipinski definition) is 0. The van der Waals surface area contributed by atoms with Crippen molar-refractivity contribution in [3.8, 4) is 0 Å². The number of nitrogens with zero attached hydrogens (tertiary/aromatic N) is 5. The van der Waals surface area contributed by atoms with Crippen molar-refractivity contribution in [2.45, 2.75) is 64.8 Å². The van der Waals surface area contributed by atoms with Crippen LogP contribution in [0.2, 0.25) is 0 Å². The lowest BCUT2D eigenvalue weighted by Crippen LogP contribution is -2.46. The van der Waals surface area contributed by atoms with E-state index in [4.69, 9.17) is 4.52 Å². The second kappa shape index (κ2) is 7.33. The summed E-state index contributed by atoms with van der Waals surface area (Å²) in [6.07, 6.45) is 3.29. The molecule has 8 nitrogen and oxygen atoms in total. The highest BCUT2D eigenvalue weighted by Crippen LogP contribution is 2.26. The summed E-state index contributed by atoms with van der Waals surface area (Å²) in [5.41, 5.74) is 0.469. The number of piperidine rings is 1. The second-order valence-electron chi connectivity index (χ2n) is 6.87. The van der Waals surface area contributed by atoms with Crippen LogP contribution in [0.25, 0.3) is 0 Å². The van der Waals surface area contributed by atoms with E-state index in [9.17, 15) is 9.59 Å². The molecule has 0 aromatic carbocycles. The smallest absolute Gasteiger partial charge is 0.270 e. The van der Waals surface area contributed by atoms with Gasteiger partial charge in [0.25, 0.3) is 5.91 Å². The largest absolute Gasteiger partial charge is 0.339 e. The second-order valence-corrected chi connectivity index (χ2v) is 6.87. The summed E-state index contributed by atoms with van der Waals surface area (Å²) < 4.78 is 5.20. The van der Waals surface area contributed by atoms with E-state index < -0.39 is 0 Å². The van der Waals surface area contributed by atoms with Crippen LogP contribution in [0.4, 0.5) is 0 Å². The highest BCUT2D eigenvalue weighted by atomic mass is 16.5. The molecule has 1 fully saturated rings. The molecule has 1 aromatic rings. The van der Waals surface area contributed by atoms with Gasteiger partial charge in [-0.2, -0.15) is 10.1 Å². The normalized spacial score (nSPS) is 21.7. The van der Waals surface area contributed by atoms with E-state index in [0.29, 0.717) is 49.8 Å². The summed E-state index contributed by atoms with van der Waals surface area (Å²) in [7, 11) is 0. The molecule has 0 aliphatic carbocycles. The number of hydrazone groups is 1. The van der Waals surface area contributed by atoms with Gasteiger partial charge in [0.05, 0.1) is 0 Å². The molecule has 2 amide bonds. The number of amides is 2. The topological polar surface area (TPSA) is 91.9 Å². The molecule has 2 aliphatic heterocycles. The van der Waals surface area contributed by atoms with Gasteiger partial charge in [0.1, 0.15) is 5.71 Å². The summed E-state index contributed by atoms with van der Waals surface area (Å²) in [6, 6.07) is -0.0449. The van der Waals surface area contributed by atoms with Gasteiger partial charge in [-0.05, 0) is 26.7 Å². The van der Waals surface area contributed by atoms with Crippen LogP contribution >= 0.6 is 0 Å². The summed E-state index contributed by atoms with van der Waals surface area (Å²) >= 11 is 0. The molecular weight excluding hydrogens is 322 g/mol. The zero-order valence-corrected chi connectivity index (χ0v) is 15.1. The van der Waals surface area contributed by atoms with Crippen LogP contribution < -0.4 is 0 Å². The standard InChI is InChI=1S/C17H25N5O3/c1-4-14-18-16(20-25-14)12-6-5-9-21(10-12)17(24)13-7-8-15(23)22(19-13)11(2)3/h11-12H,4-10H2,1-3H3/t12-/m1/s1. The first-order valence-electron chi connectivity index (χ1n) is 9.00. The molecule has 3 rings (SSSR count). The average molecular weight is 347 g/mol. The highest BCUT2D eigenvalue weighted by Gasteiger charge is 2.32. The number of carbonyl (C=O) groups excluding carboxylic acids is 2. The monoisotopic (exact) mass is 347 g/mol. The van der Waals surface area contributed by atoms with E-state index >= 15 is 0 Å². The quantitative estimate of drug-likeness (QED) is 0.827. The Morgan fingerprint density at radius 3 is 2.84 bits per heavy atom. The first-order chi connectivity index (χ1) is 12.0. The maximum Gasteiger partial charge on any atom is 0.270 e. The Labute approximate surface area is 147 Å². The Kier molecular flexibility index (Phi) is 5.15. The van der Waals surface area contributed by atoms with Gasteiger partial charge in [0.15, 0.2) is 5.82 Å². The van der Waals surface area contributed by atoms with Gasteiger partial charge in [0.2, 0.25) is 11.8 Å². The first-order valence-corrected chi connectivity index (χ1v) is 9.00. The Balaban J connectivity index is 1.71. The van der Waals surface area contributed by atoms with Crippen molar-refractivity contribution in [1.82, 2.24) is 20.0 Å². The van der Waals surface area contributed by atoms with Crippen LogP contribution in [0.1, 0.15) is 64.1 Å². The van der Waals surface area contributed by atoms with E-state index in [0.717, 1.165) is 12.8 Å². The zero-order chi connectivity index (χ0) is 18.0. The lowest BCUT2D eigenvalue weighted by Gasteiger charge is -2.33. The maximum absolute atomic E-state index is 12.9. The van der Waals surface area contributed by atoms with Gasteiger partial charge in [-0.15, -0.1) is 0 Å². The highest BCUT2D eigenvalue weighted by molar-refractivity contribution is 6.39. The van der Waals surface area contributed by atoms with Crippen molar-refractivity contribution in [3.05, 3.63) is 11.7 Å². The number of likely N-dealkylation sites (tertiary alicyclic amines) is 1. The molecule has 0 radical (unpaired) electrons. The van der Waals surface area contributed by atoms with E-state index in [2.05, 4.69) is 15.2 Å². The number of aryl methyl sites for hydroxylation is 1. The number of rotatable bonds is 4. The minimum atomic E-state index is -0.0814. The van der Waals surface area contributed by atoms with Gasteiger partial charge in [-0.1, -0.05) is 12.1 Å². The predicted molar refractivity (Wildman–Crippen MR) is 90.9 cm³/mol. The van der Waals surface area contributed by atoms with E-state index in [1.165, 1.54) is 5.01 Å². The maximum atomic E-state index is 12.9. The van der Waals surface area contributed by atoms with Crippen molar-refractivity contribution in [1.29, 1.82) is 0 Å². The van der Waals surface area contributed by atoms with E-state index in [1.54, 1.807) is 0 Å². The Morgan fingerprint density at radius 1 is 1.36 bits per heavy atom. The first kappa shape index (κ1) is 17.6. The van der Waals surface area contributed by atoms with Crippen molar-refractivity contribution < 1.29 is 14.1 Å². The Morgan fingerprint density at radius 2 is 2.16 bits per heavy atom. The summed E-state index contributed by atoms with van der Waals surface area (Å²) in [6.45, 7) is 7.02. The molecule has 1 saturated heterocycles. The third kappa shape index (κ3) is 3.72. The van der Waals surface area contributed by atoms with Crippen LogP contribution in [-0.4, -0.2) is 56.7 Å². The Hall–Kier alpha value is -2.25. The van der Waals surface area contributed by atoms with Crippen LogP contribution in [0.3, 0.4) is 0 Å². The molecular formula is C17H25N5O3. The predicted octanol–water partition coefficient (Wildman–Crippen LogP) is 1.72. The van der Waals surface area contributed by atoms with Gasteiger partial charge in [0, 0.05) is 44.3 Å². The van der Waals surface area contributed by atoms with Gasteiger partial charge < -0.3 is 9.42 Å². The lowest BCUT2D eigenvalue weighted by molar-refractivity contribution is -0.133. The molecule has 0 unspecified atom stereocenters. The molecule has 0 saturated carbocycles. The summed E-state index contributed by atoms with van der Waals surface area (Å²) in [5, 5.41) is 9.79. The summed E-state index contributed by atoms with van der Waals surface area (Å²) in [5.74, 6) is 1.29. The summed E-state index contributed by atoms with van der Waals surface area (Å²) in [4.78, 5) is 31.0. The van der Waals surface area contributed by atoms with Crippen molar-refractivity contribution in [3.63, 3.8) is 0 Å². The molecule has 136 valence electrons. The van der Waals surface area contributed by atoms with Crippen LogP contribution in [0.5, 0.6) is 0 Å². The Bertz CT molecular complexity index is 682. The number of carbonyl (C=O) groups is 2. The molecule has 1 atom stereocenters. The van der Waals surface area contributed by atoms with E-state index in [-0.39, 0.29) is 23.8 Å².